The van der Waals surface area contributed by atoms with E-state index in [9.17, 15) is 4.79 Å². The first-order chi connectivity index (χ1) is 8.27. The highest BCUT2D eigenvalue weighted by Gasteiger charge is 2.28. The molecule has 0 heterocycles. The molecule has 0 aromatic rings. The van der Waals surface area contributed by atoms with Crippen LogP contribution in [-0.2, 0) is 4.79 Å². The van der Waals surface area contributed by atoms with Gasteiger partial charge in [0.2, 0.25) is 5.91 Å². The van der Waals surface area contributed by atoms with Crippen molar-refractivity contribution in [3.05, 3.63) is 12.2 Å². The van der Waals surface area contributed by atoms with Crippen LogP contribution in [0.5, 0.6) is 0 Å². The third-order valence-electron chi connectivity index (χ3n) is 4.02. The van der Waals surface area contributed by atoms with Crippen molar-refractivity contribution < 1.29 is 4.79 Å². The fourth-order valence-electron chi connectivity index (χ4n) is 2.89. The predicted octanol–water partition coefficient (Wildman–Crippen LogP) is 2.12. The topological polar surface area (TPSA) is 55.1 Å². The summed E-state index contributed by atoms with van der Waals surface area (Å²) in [4.78, 5) is 12.2. The van der Waals surface area contributed by atoms with Crippen molar-refractivity contribution in [3.8, 4) is 0 Å². The van der Waals surface area contributed by atoms with Crippen molar-refractivity contribution in [2.45, 2.75) is 63.5 Å². The van der Waals surface area contributed by atoms with Crippen molar-refractivity contribution in [2.24, 2.45) is 11.7 Å². The molecule has 3 heteroatoms. The second kappa shape index (κ2) is 6.20. The van der Waals surface area contributed by atoms with Gasteiger partial charge >= 0.3 is 0 Å². The average molecular weight is 236 g/mol. The minimum atomic E-state index is 0.0448. The Kier molecular flexibility index (Phi) is 4.60. The smallest absolute Gasteiger partial charge is 0.224 e. The van der Waals surface area contributed by atoms with E-state index < -0.39 is 0 Å². The van der Waals surface area contributed by atoms with Crippen LogP contribution in [0.3, 0.4) is 0 Å². The molecule has 2 aliphatic carbocycles. The van der Waals surface area contributed by atoms with Crippen LogP contribution in [0.25, 0.3) is 0 Å². The highest BCUT2D eigenvalue weighted by atomic mass is 16.2. The fourth-order valence-corrected chi connectivity index (χ4v) is 2.89. The molecule has 3 unspecified atom stereocenters. The van der Waals surface area contributed by atoms with Crippen LogP contribution in [-0.4, -0.2) is 18.0 Å². The number of nitrogens with two attached hydrogens (primary N) is 1. The second-order valence-electron chi connectivity index (χ2n) is 5.40. The Bertz CT molecular complexity index is 288. The largest absolute Gasteiger partial charge is 0.353 e. The highest BCUT2D eigenvalue weighted by Crippen LogP contribution is 2.23. The van der Waals surface area contributed by atoms with E-state index in [-0.39, 0.29) is 17.9 Å². The van der Waals surface area contributed by atoms with Gasteiger partial charge in [0.1, 0.15) is 0 Å². The van der Waals surface area contributed by atoms with E-state index in [4.69, 9.17) is 5.73 Å². The molecular weight excluding hydrogens is 212 g/mol. The summed E-state index contributed by atoms with van der Waals surface area (Å²) < 4.78 is 0. The Morgan fingerprint density at radius 3 is 2.71 bits per heavy atom. The normalized spacial score (nSPS) is 34.1. The molecule has 0 aromatic carbocycles. The number of carbonyl (C=O) groups is 1. The lowest BCUT2D eigenvalue weighted by Gasteiger charge is -2.25. The number of allylic oxidation sites excluding steroid dienone is 1. The molecule has 1 saturated carbocycles. The first kappa shape index (κ1) is 12.6. The van der Waals surface area contributed by atoms with Gasteiger partial charge in [-0.05, 0) is 32.1 Å². The summed E-state index contributed by atoms with van der Waals surface area (Å²) in [6, 6.07) is 0.402. The Hall–Kier alpha value is -0.830. The van der Waals surface area contributed by atoms with E-state index in [1.165, 1.54) is 12.8 Å². The molecule has 3 nitrogen and oxygen atoms in total. The third-order valence-corrected chi connectivity index (χ3v) is 4.02. The van der Waals surface area contributed by atoms with Crippen molar-refractivity contribution in [1.29, 1.82) is 0 Å². The van der Waals surface area contributed by atoms with E-state index in [0.29, 0.717) is 6.04 Å². The molecule has 0 aliphatic heterocycles. The Balaban J connectivity index is 1.86. The van der Waals surface area contributed by atoms with Crippen molar-refractivity contribution in [1.82, 2.24) is 5.32 Å². The summed E-state index contributed by atoms with van der Waals surface area (Å²) in [5, 5.41) is 3.18. The number of nitrogens with one attached hydrogen (secondary N) is 1. The zero-order chi connectivity index (χ0) is 12.1. The highest BCUT2D eigenvalue weighted by molar-refractivity contribution is 5.79. The molecule has 1 amide bonds. The lowest BCUT2D eigenvalue weighted by molar-refractivity contribution is -0.126. The van der Waals surface area contributed by atoms with Crippen molar-refractivity contribution >= 4 is 5.91 Å². The first-order valence-electron chi connectivity index (χ1n) is 6.98. The molecule has 0 saturated heterocycles. The molecule has 0 bridgehead atoms. The molecule has 3 N–H and O–H groups in total. The van der Waals surface area contributed by atoms with E-state index in [1.807, 2.05) is 0 Å². The zero-order valence-corrected chi connectivity index (χ0v) is 10.5. The van der Waals surface area contributed by atoms with Crippen molar-refractivity contribution in [2.75, 3.05) is 0 Å². The van der Waals surface area contributed by atoms with Crippen LogP contribution in [0.4, 0.5) is 0 Å². The van der Waals surface area contributed by atoms with Crippen LogP contribution >= 0.6 is 0 Å². The Labute approximate surface area is 104 Å². The predicted molar refractivity (Wildman–Crippen MR) is 69.5 cm³/mol. The maximum atomic E-state index is 12.2. The van der Waals surface area contributed by atoms with Gasteiger partial charge in [-0.25, -0.2) is 0 Å². The Morgan fingerprint density at radius 2 is 1.94 bits per heavy atom. The van der Waals surface area contributed by atoms with Gasteiger partial charge in [0.25, 0.3) is 0 Å². The van der Waals surface area contributed by atoms with Crippen LogP contribution < -0.4 is 11.1 Å². The van der Waals surface area contributed by atoms with E-state index in [1.54, 1.807) is 0 Å². The van der Waals surface area contributed by atoms with Crippen LogP contribution in [0.1, 0.15) is 51.4 Å². The van der Waals surface area contributed by atoms with Gasteiger partial charge in [0, 0.05) is 12.1 Å². The summed E-state index contributed by atoms with van der Waals surface area (Å²) >= 11 is 0. The summed E-state index contributed by atoms with van der Waals surface area (Å²) in [7, 11) is 0. The molecule has 96 valence electrons. The van der Waals surface area contributed by atoms with Gasteiger partial charge in [-0.2, -0.15) is 0 Å². The summed E-state index contributed by atoms with van der Waals surface area (Å²) in [5.41, 5.74) is 6.11. The van der Waals surface area contributed by atoms with Crippen LogP contribution in [0.15, 0.2) is 12.2 Å². The lowest BCUT2D eigenvalue weighted by Crippen LogP contribution is -2.45. The molecule has 2 aliphatic rings. The van der Waals surface area contributed by atoms with Crippen molar-refractivity contribution in [3.63, 3.8) is 0 Å². The monoisotopic (exact) mass is 236 g/mol. The number of hydrogen-bond donors (Lipinski definition) is 2. The molecule has 0 aromatic heterocycles. The standard InChI is InChI=1S/C14H24N2O/c15-13-10-6-2-5-9-12(13)14(17)16-11-7-3-1-4-8-11/h1,3,11-13H,2,4-10,15H2,(H,16,17). The molecule has 0 radical (unpaired) electrons. The summed E-state index contributed by atoms with van der Waals surface area (Å²) in [6.07, 6.45) is 13.0. The average Bonchev–Trinajstić information content (AvgIpc) is 2.55. The van der Waals surface area contributed by atoms with E-state index in [2.05, 4.69) is 17.5 Å². The number of hydrogen-bond acceptors (Lipinski definition) is 2. The molecular formula is C14H24N2O. The maximum absolute atomic E-state index is 12.2. The minimum absolute atomic E-state index is 0.0448. The van der Waals surface area contributed by atoms with Gasteiger partial charge < -0.3 is 11.1 Å². The lowest BCUT2D eigenvalue weighted by atomic mass is 9.93. The van der Waals surface area contributed by atoms with Crippen LogP contribution in [0.2, 0.25) is 0 Å². The van der Waals surface area contributed by atoms with Gasteiger partial charge in [-0.3, -0.25) is 4.79 Å². The summed E-state index contributed by atoms with van der Waals surface area (Å²) in [5.74, 6) is 0.239. The molecule has 3 atom stereocenters. The maximum Gasteiger partial charge on any atom is 0.224 e. The van der Waals surface area contributed by atoms with Gasteiger partial charge in [0.05, 0.1) is 5.92 Å². The zero-order valence-electron chi connectivity index (χ0n) is 10.5. The number of carbonyl (C=O) groups excluding carboxylic acids is 1. The molecule has 2 rings (SSSR count). The van der Waals surface area contributed by atoms with Gasteiger partial charge in [-0.15, -0.1) is 0 Å². The number of amides is 1. The second-order valence-corrected chi connectivity index (χ2v) is 5.40. The van der Waals surface area contributed by atoms with Gasteiger partial charge in [-0.1, -0.05) is 31.4 Å². The molecule has 1 fully saturated rings. The first-order valence-corrected chi connectivity index (χ1v) is 6.98. The summed E-state index contributed by atoms with van der Waals surface area (Å²) in [6.45, 7) is 0. The van der Waals surface area contributed by atoms with E-state index in [0.717, 1.165) is 38.5 Å². The van der Waals surface area contributed by atoms with Crippen LogP contribution in [0, 0.1) is 5.92 Å². The van der Waals surface area contributed by atoms with Gasteiger partial charge in [0.15, 0.2) is 0 Å². The Morgan fingerprint density at radius 1 is 1.12 bits per heavy atom. The minimum Gasteiger partial charge on any atom is -0.353 e. The fraction of sp³-hybridized carbons (Fsp3) is 0.786. The molecule has 17 heavy (non-hydrogen) atoms. The number of rotatable bonds is 2. The third kappa shape index (κ3) is 3.56. The molecule has 0 spiro atoms. The van der Waals surface area contributed by atoms with E-state index >= 15 is 0 Å². The SMILES string of the molecule is NC1CCCCCC1C(=O)NC1CC=CCC1. The quantitative estimate of drug-likeness (QED) is 0.570.